The Morgan fingerprint density at radius 3 is 2.33 bits per heavy atom. The van der Waals surface area contributed by atoms with Gasteiger partial charge in [-0.05, 0) is 54.7 Å². The third-order valence-corrected chi connectivity index (χ3v) is 3.46. The number of hydrogen-bond acceptors (Lipinski definition) is 1. The first-order chi connectivity index (χ1) is 8.70. The lowest BCUT2D eigenvalue weighted by Gasteiger charge is -2.14. The first-order valence-electron chi connectivity index (χ1n) is 6.31. The van der Waals surface area contributed by atoms with Crippen molar-refractivity contribution in [1.29, 1.82) is 0 Å². The Morgan fingerprint density at radius 1 is 1.06 bits per heavy atom. The van der Waals surface area contributed by atoms with Gasteiger partial charge in [-0.1, -0.05) is 24.3 Å². The van der Waals surface area contributed by atoms with Crippen molar-refractivity contribution in [2.45, 2.75) is 25.8 Å². The van der Waals surface area contributed by atoms with E-state index in [1.165, 1.54) is 11.1 Å². The number of benzene rings is 2. The number of rotatable bonds is 2. The minimum Gasteiger partial charge on any atom is -0.382 e. The summed E-state index contributed by atoms with van der Waals surface area (Å²) < 4.78 is 13.3. The smallest absolute Gasteiger partial charge is 0.125 e. The van der Waals surface area contributed by atoms with Crippen molar-refractivity contribution >= 4 is 5.69 Å². The molecule has 0 saturated heterocycles. The van der Waals surface area contributed by atoms with Crippen LogP contribution in [-0.4, -0.2) is 6.04 Å². The van der Waals surface area contributed by atoms with Crippen LogP contribution in [0.25, 0.3) is 0 Å². The number of anilines is 1. The predicted octanol–water partition coefficient (Wildman–Crippen LogP) is 3.71. The zero-order chi connectivity index (χ0) is 12.5. The quantitative estimate of drug-likeness (QED) is 0.845. The minimum atomic E-state index is -0.173. The molecule has 2 aromatic rings. The first kappa shape index (κ1) is 11.3. The van der Waals surface area contributed by atoms with Crippen LogP contribution in [0.5, 0.6) is 0 Å². The van der Waals surface area contributed by atoms with E-state index in [1.807, 2.05) is 13.0 Å². The van der Waals surface area contributed by atoms with Crippen LogP contribution in [0, 0.1) is 12.7 Å². The molecule has 1 aliphatic rings. The van der Waals surface area contributed by atoms with Crippen molar-refractivity contribution < 1.29 is 4.39 Å². The maximum absolute atomic E-state index is 13.3. The molecular weight excluding hydrogens is 225 g/mol. The van der Waals surface area contributed by atoms with Crippen LogP contribution < -0.4 is 5.32 Å². The van der Waals surface area contributed by atoms with Gasteiger partial charge in [-0.15, -0.1) is 0 Å². The fourth-order valence-electron chi connectivity index (χ4n) is 2.72. The molecule has 0 unspecified atom stereocenters. The van der Waals surface area contributed by atoms with E-state index in [-0.39, 0.29) is 5.82 Å². The summed E-state index contributed by atoms with van der Waals surface area (Å²) >= 11 is 0. The van der Waals surface area contributed by atoms with Crippen LogP contribution in [0.15, 0.2) is 42.5 Å². The van der Waals surface area contributed by atoms with Gasteiger partial charge in [-0.2, -0.15) is 0 Å². The molecule has 92 valence electrons. The number of fused-ring (bicyclic) bond motifs is 1. The Morgan fingerprint density at radius 2 is 1.72 bits per heavy atom. The lowest BCUT2D eigenvalue weighted by atomic mass is 10.1. The van der Waals surface area contributed by atoms with Crippen LogP contribution in [-0.2, 0) is 12.8 Å². The average Bonchev–Trinajstić information content (AvgIpc) is 2.69. The molecule has 3 rings (SSSR count). The number of nitrogens with one attached hydrogen (secondary N) is 1. The van der Waals surface area contributed by atoms with Gasteiger partial charge in [0.2, 0.25) is 0 Å². The molecule has 0 amide bonds. The van der Waals surface area contributed by atoms with Gasteiger partial charge in [-0.3, -0.25) is 0 Å². The summed E-state index contributed by atoms with van der Waals surface area (Å²) in [7, 11) is 0. The summed E-state index contributed by atoms with van der Waals surface area (Å²) in [4.78, 5) is 0. The summed E-state index contributed by atoms with van der Waals surface area (Å²) in [5.41, 5.74) is 4.64. The van der Waals surface area contributed by atoms with Crippen LogP contribution in [0.3, 0.4) is 0 Å². The average molecular weight is 241 g/mol. The van der Waals surface area contributed by atoms with Crippen molar-refractivity contribution in [2.24, 2.45) is 0 Å². The summed E-state index contributed by atoms with van der Waals surface area (Å²) in [6, 6.07) is 14.0. The molecule has 0 spiro atoms. The van der Waals surface area contributed by atoms with Gasteiger partial charge >= 0.3 is 0 Å². The number of halogens is 1. The molecule has 0 bridgehead atoms. The van der Waals surface area contributed by atoms with E-state index in [4.69, 9.17) is 0 Å². The van der Waals surface area contributed by atoms with Gasteiger partial charge in [0.25, 0.3) is 0 Å². The van der Waals surface area contributed by atoms with Gasteiger partial charge < -0.3 is 5.32 Å². The highest BCUT2D eigenvalue weighted by atomic mass is 19.1. The lowest BCUT2D eigenvalue weighted by Crippen LogP contribution is -2.19. The Balaban J connectivity index is 1.76. The molecule has 0 fully saturated rings. The minimum absolute atomic E-state index is 0.173. The van der Waals surface area contributed by atoms with Crippen LogP contribution in [0.4, 0.5) is 10.1 Å². The molecule has 0 aromatic heterocycles. The molecular formula is C16H16FN. The van der Waals surface area contributed by atoms with Gasteiger partial charge in [0, 0.05) is 11.7 Å². The number of aryl methyl sites for hydroxylation is 1. The van der Waals surface area contributed by atoms with E-state index in [0.717, 1.165) is 24.1 Å². The zero-order valence-electron chi connectivity index (χ0n) is 10.4. The molecule has 2 heteroatoms. The Labute approximate surface area is 107 Å². The van der Waals surface area contributed by atoms with Crippen LogP contribution in [0.2, 0.25) is 0 Å². The van der Waals surface area contributed by atoms with Crippen molar-refractivity contribution in [2.75, 3.05) is 5.32 Å². The Kier molecular flexibility index (Phi) is 2.78. The molecule has 0 atom stereocenters. The standard InChI is InChI=1S/C16H16FN/c1-11-6-14(17)10-15(7-11)18-16-8-12-4-2-3-5-13(12)9-16/h2-7,10,16,18H,8-9H2,1H3. The molecule has 1 aliphatic carbocycles. The molecule has 0 radical (unpaired) electrons. The second-order valence-electron chi connectivity index (χ2n) is 5.04. The molecule has 0 heterocycles. The molecule has 1 nitrogen and oxygen atoms in total. The van der Waals surface area contributed by atoms with Gasteiger partial charge in [0.05, 0.1) is 0 Å². The second-order valence-corrected chi connectivity index (χ2v) is 5.04. The summed E-state index contributed by atoms with van der Waals surface area (Å²) in [5, 5.41) is 3.43. The third kappa shape index (κ3) is 2.23. The SMILES string of the molecule is Cc1cc(F)cc(NC2Cc3ccccc3C2)c1. The van der Waals surface area contributed by atoms with E-state index >= 15 is 0 Å². The van der Waals surface area contributed by atoms with Crippen molar-refractivity contribution in [1.82, 2.24) is 0 Å². The summed E-state index contributed by atoms with van der Waals surface area (Å²) in [6.45, 7) is 1.91. The van der Waals surface area contributed by atoms with E-state index in [0.29, 0.717) is 6.04 Å². The summed E-state index contributed by atoms with van der Waals surface area (Å²) in [5.74, 6) is -0.173. The van der Waals surface area contributed by atoms with Crippen molar-refractivity contribution in [3.8, 4) is 0 Å². The maximum atomic E-state index is 13.3. The monoisotopic (exact) mass is 241 g/mol. The fraction of sp³-hybridized carbons (Fsp3) is 0.250. The topological polar surface area (TPSA) is 12.0 Å². The van der Waals surface area contributed by atoms with Crippen LogP contribution in [0.1, 0.15) is 16.7 Å². The highest BCUT2D eigenvalue weighted by Crippen LogP contribution is 2.25. The van der Waals surface area contributed by atoms with Gasteiger partial charge in [0.15, 0.2) is 0 Å². The van der Waals surface area contributed by atoms with Crippen molar-refractivity contribution in [3.05, 3.63) is 65.0 Å². The normalized spacial score (nSPS) is 14.6. The largest absolute Gasteiger partial charge is 0.382 e. The van der Waals surface area contributed by atoms with E-state index in [2.05, 4.69) is 29.6 Å². The molecule has 1 N–H and O–H groups in total. The molecule has 2 aromatic carbocycles. The predicted molar refractivity (Wildman–Crippen MR) is 72.4 cm³/mol. The Bertz CT molecular complexity index is 532. The van der Waals surface area contributed by atoms with Gasteiger partial charge in [0.1, 0.15) is 5.82 Å². The highest BCUT2D eigenvalue weighted by molar-refractivity contribution is 5.48. The molecule has 0 saturated carbocycles. The summed E-state index contributed by atoms with van der Waals surface area (Å²) in [6.07, 6.45) is 2.04. The lowest BCUT2D eigenvalue weighted by molar-refractivity contribution is 0.626. The zero-order valence-corrected chi connectivity index (χ0v) is 10.4. The van der Waals surface area contributed by atoms with Crippen molar-refractivity contribution in [3.63, 3.8) is 0 Å². The maximum Gasteiger partial charge on any atom is 0.125 e. The molecule has 0 aliphatic heterocycles. The first-order valence-corrected chi connectivity index (χ1v) is 6.31. The van der Waals surface area contributed by atoms with E-state index in [9.17, 15) is 4.39 Å². The fourth-order valence-corrected chi connectivity index (χ4v) is 2.72. The van der Waals surface area contributed by atoms with E-state index < -0.39 is 0 Å². The van der Waals surface area contributed by atoms with Gasteiger partial charge in [-0.25, -0.2) is 4.39 Å². The molecule has 18 heavy (non-hydrogen) atoms. The highest BCUT2D eigenvalue weighted by Gasteiger charge is 2.20. The van der Waals surface area contributed by atoms with E-state index in [1.54, 1.807) is 12.1 Å². The Hall–Kier alpha value is -1.83. The third-order valence-electron chi connectivity index (χ3n) is 3.46. The van der Waals surface area contributed by atoms with Crippen LogP contribution >= 0.6 is 0 Å². The second kappa shape index (κ2) is 4.45. The number of hydrogen-bond donors (Lipinski definition) is 1.